The van der Waals surface area contributed by atoms with Crippen molar-refractivity contribution < 1.29 is 5.11 Å². The number of aliphatic hydroxyl groups is 1. The number of hydrogen-bond donors (Lipinski definition) is 2. The molecule has 2 nitrogen and oxygen atoms in total. The molecule has 0 unspecified atom stereocenters. The average Bonchev–Trinajstić information content (AvgIpc) is 1.93. The van der Waals surface area contributed by atoms with Crippen LogP contribution in [-0.2, 0) is 0 Å². The minimum atomic E-state index is -0.571. The van der Waals surface area contributed by atoms with Gasteiger partial charge in [0.25, 0.3) is 0 Å². The van der Waals surface area contributed by atoms with Crippen LogP contribution in [0.15, 0.2) is 0 Å². The van der Waals surface area contributed by atoms with E-state index in [1.807, 2.05) is 13.8 Å². The van der Waals surface area contributed by atoms with Crippen LogP contribution < -0.4 is 5.32 Å². The van der Waals surface area contributed by atoms with E-state index in [1.54, 1.807) is 0 Å². The van der Waals surface area contributed by atoms with E-state index in [0.717, 1.165) is 12.5 Å². The Bertz CT molecular complexity index is 116. The van der Waals surface area contributed by atoms with E-state index in [4.69, 9.17) is 0 Å². The van der Waals surface area contributed by atoms with Gasteiger partial charge in [0.2, 0.25) is 0 Å². The summed E-state index contributed by atoms with van der Waals surface area (Å²) in [5, 5.41) is 12.6. The van der Waals surface area contributed by atoms with Gasteiger partial charge in [0, 0.05) is 6.54 Å². The van der Waals surface area contributed by atoms with Crippen LogP contribution in [0.25, 0.3) is 0 Å². The van der Waals surface area contributed by atoms with E-state index in [1.165, 1.54) is 19.3 Å². The van der Waals surface area contributed by atoms with Crippen molar-refractivity contribution in [2.24, 2.45) is 5.92 Å². The Morgan fingerprint density at radius 2 is 1.85 bits per heavy atom. The van der Waals surface area contributed by atoms with Gasteiger partial charge in [-0.2, -0.15) is 0 Å². The van der Waals surface area contributed by atoms with Crippen molar-refractivity contribution in [1.82, 2.24) is 5.32 Å². The smallest absolute Gasteiger partial charge is 0.0715 e. The van der Waals surface area contributed by atoms with Crippen LogP contribution in [0, 0.1) is 5.92 Å². The van der Waals surface area contributed by atoms with E-state index < -0.39 is 5.60 Å². The third kappa shape index (κ3) is 11.9. The highest BCUT2D eigenvalue weighted by atomic mass is 16.3. The Kier molecular flexibility index (Phi) is 6.35. The lowest BCUT2D eigenvalue weighted by Gasteiger charge is -2.17. The first kappa shape index (κ1) is 12.9. The molecule has 0 aromatic heterocycles. The zero-order chi connectivity index (χ0) is 10.3. The molecule has 2 N–H and O–H groups in total. The van der Waals surface area contributed by atoms with Crippen LogP contribution in [0.2, 0.25) is 0 Å². The van der Waals surface area contributed by atoms with Crippen molar-refractivity contribution >= 4 is 0 Å². The van der Waals surface area contributed by atoms with Gasteiger partial charge in [0.05, 0.1) is 5.60 Å². The molecule has 0 atom stereocenters. The van der Waals surface area contributed by atoms with Crippen LogP contribution in [-0.4, -0.2) is 23.8 Å². The number of hydrogen-bond acceptors (Lipinski definition) is 2. The molecule has 0 rings (SSSR count). The van der Waals surface area contributed by atoms with Gasteiger partial charge in [-0.15, -0.1) is 0 Å². The van der Waals surface area contributed by atoms with Crippen LogP contribution >= 0.6 is 0 Å². The summed E-state index contributed by atoms with van der Waals surface area (Å²) in [6.45, 7) is 9.88. The molecule has 0 bridgehead atoms. The summed E-state index contributed by atoms with van der Waals surface area (Å²) in [6.07, 6.45) is 3.81. The molecule has 0 aromatic carbocycles. The second-order valence-corrected chi connectivity index (χ2v) is 4.88. The van der Waals surface area contributed by atoms with Crippen molar-refractivity contribution in [2.45, 2.75) is 52.6 Å². The maximum atomic E-state index is 9.40. The monoisotopic (exact) mass is 187 g/mol. The predicted molar refractivity (Wildman–Crippen MR) is 57.9 cm³/mol. The summed E-state index contributed by atoms with van der Waals surface area (Å²) < 4.78 is 0. The number of unbranched alkanes of at least 4 members (excludes halogenated alkanes) is 1. The fourth-order valence-corrected chi connectivity index (χ4v) is 1.20. The van der Waals surface area contributed by atoms with Crippen molar-refractivity contribution in [3.05, 3.63) is 0 Å². The highest BCUT2D eigenvalue weighted by molar-refractivity contribution is 4.67. The Morgan fingerprint density at radius 3 is 2.31 bits per heavy atom. The Labute approximate surface area is 82.7 Å². The second kappa shape index (κ2) is 6.39. The van der Waals surface area contributed by atoms with E-state index in [9.17, 15) is 5.11 Å². The van der Waals surface area contributed by atoms with Gasteiger partial charge in [0.1, 0.15) is 0 Å². The summed E-state index contributed by atoms with van der Waals surface area (Å²) in [7, 11) is 0. The lowest BCUT2D eigenvalue weighted by atomic mass is 10.1. The minimum absolute atomic E-state index is 0.571. The average molecular weight is 187 g/mol. The van der Waals surface area contributed by atoms with Crippen LogP contribution in [0.5, 0.6) is 0 Å². The van der Waals surface area contributed by atoms with Crippen molar-refractivity contribution in [3.8, 4) is 0 Å². The SMILES string of the molecule is CC(C)CCCCNCC(C)(C)O. The van der Waals surface area contributed by atoms with E-state index in [-0.39, 0.29) is 0 Å². The maximum absolute atomic E-state index is 9.40. The molecule has 0 heterocycles. The Hall–Kier alpha value is -0.0800. The summed E-state index contributed by atoms with van der Waals surface area (Å²) in [5.41, 5.74) is -0.571. The van der Waals surface area contributed by atoms with Gasteiger partial charge in [-0.1, -0.05) is 26.7 Å². The molecule has 80 valence electrons. The lowest BCUT2D eigenvalue weighted by molar-refractivity contribution is 0.0799. The summed E-state index contributed by atoms with van der Waals surface area (Å²) >= 11 is 0. The molecule has 0 aliphatic heterocycles. The van der Waals surface area contributed by atoms with Crippen molar-refractivity contribution in [1.29, 1.82) is 0 Å². The highest BCUT2D eigenvalue weighted by Gasteiger charge is 2.10. The number of nitrogens with one attached hydrogen (secondary N) is 1. The predicted octanol–water partition coefficient (Wildman–Crippen LogP) is 2.17. The van der Waals surface area contributed by atoms with Gasteiger partial charge in [-0.25, -0.2) is 0 Å². The largest absolute Gasteiger partial charge is 0.389 e. The maximum Gasteiger partial charge on any atom is 0.0715 e. The molecule has 2 heteroatoms. The molecule has 0 aromatic rings. The van der Waals surface area contributed by atoms with E-state index >= 15 is 0 Å². The first-order valence-electron chi connectivity index (χ1n) is 5.35. The van der Waals surface area contributed by atoms with E-state index in [0.29, 0.717) is 6.54 Å². The van der Waals surface area contributed by atoms with Gasteiger partial charge >= 0.3 is 0 Å². The van der Waals surface area contributed by atoms with Crippen molar-refractivity contribution in [3.63, 3.8) is 0 Å². The molecule has 0 spiro atoms. The molecular formula is C11H25NO. The zero-order valence-electron chi connectivity index (χ0n) is 9.56. The van der Waals surface area contributed by atoms with Gasteiger partial charge < -0.3 is 10.4 Å². The molecule has 0 saturated carbocycles. The molecule has 0 aliphatic carbocycles. The molecule has 0 amide bonds. The fraction of sp³-hybridized carbons (Fsp3) is 1.00. The summed E-state index contributed by atoms with van der Waals surface area (Å²) in [6, 6.07) is 0. The second-order valence-electron chi connectivity index (χ2n) is 4.88. The summed E-state index contributed by atoms with van der Waals surface area (Å²) in [5.74, 6) is 0.814. The topological polar surface area (TPSA) is 32.3 Å². The van der Waals surface area contributed by atoms with E-state index in [2.05, 4.69) is 19.2 Å². The van der Waals surface area contributed by atoms with Gasteiger partial charge in [-0.3, -0.25) is 0 Å². The highest BCUT2D eigenvalue weighted by Crippen LogP contribution is 2.05. The zero-order valence-corrected chi connectivity index (χ0v) is 9.56. The Morgan fingerprint density at radius 1 is 1.23 bits per heavy atom. The third-order valence-electron chi connectivity index (χ3n) is 1.94. The molecule has 13 heavy (non-hydrogen) atoms. The van der Waals surface area contributed by atoms with Crippen LogP contribution in [0.4, 0.5) is 0 Å². The Balaban J connectivity index is 3.09. The van der Waals surface area contributed by atoms with Gasteiger partial charge in [0.15, 0.2) is 0 Å². The molecule has 0 radical (unpaired) electrons. The molecule has 0 aliphatic rings. The molecular weight excluding hydrogens is 162 g/mol. The lowest BCUT2D eigenvalue weighted by Crippen LogP contribution is -2.35. The third-order valence-corrected chi connectivity index (χ3v) is 1.94. The fourth-order valence-electron chi connectivity index (χ4n) is 1.20. The molecule has 0 saturated heterocycles. The normalized spacial score (nSPS) is 12.5. The minimum Gasteiger partial charge on any atom is -0.389 e. The van der Waals surface area contributed by atoms with Gasteiger partial charge in [-0.05, 0) is 32.7 Å². The molecule has 0 fully saturated rings. The number of rotatable bonds is 7. The standard InChI is InChI=1S/C11H25NO/c1-10(2)7-5-6-8-12-9-11(3,4)13/h10,12-13H,5-9H2,1-4H3. The first-order chi connectivity index (χ1) is 5.92. The summed E-state index contributed by atoms with van der Waals surface area (Å²) in [4.78, 5) is 0. The van der Waals surface area contributed by atoms with Crippen molar-refractivity contribution in [2.75, 3.05) is 13.1 Å². The first-order valence-corrected chi connectivity index (χ1v) is 5.35. The quantitative estimate of drug-likeness (QED) is 0.599. The van der Waals surface area contributed by atoms with Crippen LogP contribution in [0.3, 0.4) is 0 Å². The van der Waals surface area contributed by atoms with Crippen LogP contribution in [0.1, 0.15) is 47.0 Å².